The van der Waals surface area contributed by atoms with Gasteiger partial charge in [-0.15, -0.1) is 0 Å². The Bertz CT molecular complexity index is 3540. The molecule has 0 spiro atoms. The van der Waals surface area contributed by atoms with Crippen molar-refractivity contribution < 1.29 is 4.42 Å². The van der Waals surface area contributed by atoms with E-state index in [2.05, 4.69) is 222 Å². The predicted octanol–water partition coefficient (Wildman–Crippen LogP) is 15.8. The molecule has 0 saturated carbocycles. The first-order valence-corrected chi connectivity index (χ1v) is 20.2. The van der Waals surface area contributed by atoms with Crippen molar-refractivity contribution in [1.82, 2.24) is 4.57 Å². The fraction of sp³-hybridized carbons (Fsp3) is 0. The van der Waals surface area contributed by atoms with Gasteiger partial charge in [-0.05, 0) is 105 Å². The van der Waals surface area contributed by atoms with Crippen LogP contribution in [-0.2, 0) is 0 Å². The monoisotopic (exact) mass is 752 g/mol. The Morgan fingerprint density at radius 1 is 0.339 bits per heavy atom. The summed E-state index contributed by atoms with van der Waals surface area (Å²) in [6.45, 7) is 0. The molecule has 59 heavy (non-hydrogen) atoms. The molecule has 3 heteroatoms. The second-order valence-electron chi connectivity index (χ2n) is 15.3. The molecule has 0 N–H and O–H groups in total. The standard InChI is InChI=1S/C56H36N2O/c1-3-12-38(13-4-1)48-19-11-20-51-52-35-40(26-33-55(52)59-56(48)51)37-24-27-43(28-25-37)57(44-29-31-47-41(34-44)23-22-39-14-7-8-17-46(39)47)45-30-32-50-49-18-9-10-21-53(49)58(54(50)36-45)42-15-5-2-6-16-42/h1-36H. The van der Waals surface area contributed by atoms with Crippen LogP contribution in [-0.4, -0.2) is 4.57 Å². The number of benzene rings is 10. The lowest BCUT2D eigenvalue weighted by molar-refractivity contribution is 0.670. The molecule has 2 aromatic heterocycles. The van der Waals surface area contributed by atoms with Crippen molar-refractivity contribution in [3.63, 3.8) is 0 Å². The Balaban J connectivity index is 1.01. The van der Waals surface area contributed by atoms with Gasteiger partial charge in [0.15, 0.2) is 0 Å². The van der Waals surface area contributed by atoms with Crippen LogP contribution >= 0.6 is 0 Å². The van der Waals surface area contributed by atoms with Gasteiger partial charge >= 0.3 is 0 Å². The van der Waals surface area contributed by atoms with Gasteiger partial charge in [-0.2, -0.15) is 0 Å². The molecular weight excluding hydrogens is 717 g/mol. The Morgan fingerprint density at radius 2 is 0.966 bits per heavy atom. The molecule has 276 valence electrons. The summed E-state index contributed by atoms with van der Waals surface area (Å²) in [5.74, 6) is 0. The number of anilines is 3. The quantitative estimate of drug-likeness (QED) is 0.158. The smallest absolute Gasteiger partial charge is 0.143 e. The number of para-hydroxylation sites is 3. The van der Waals surface area contributed by atoms with E-state index in [9.17, 15) is 0 Å². The van der Waals surface area contributed by atoms with E-state index in [1.807, 2.05) is 6.07 Å². The van der Waals surface area contributed by atoms with E-state index in [0.717, 1.165) is 66.9 Å². The van der Waals surface area contributed by atoms with Crippen molar-refractivity contribution in [2.45, 2.75) is 0 Å². The maximum atomic E-state index is 6.51. The summed E-state index contributed by atoms with van der Waals surface area (Å²) in [5, 5.41) is 9.68. The Labute approximate surface area is 341 Å². The van der Waals surface area contributed by atoms with Crippen LogP contribution < -0.4 is 4.90 Å². The van der Waals surface area contributed by atoms with Crippen LogP contribution in [0.1, 0.15) is 0 Å². The predicted molar refractivity (Wildman–Crippen MR) is 249 cm³/mol. The highest BCUT2D eigenvalue weighted by molar-refractivity contribution is 6.12. The maximum Gasteiger partial charge on any atom is 0.143 e. The minimum atomic E-state index is 0.891. The van der Waals surface area contributed by atoms with Crippen LogP contribution in [0.5, 0.6) is 0 Å². The van der Waals surface area contributed by atoms with Gasteiger partial charge < -0.3 is 13.9 Å². The van der Waals surface area contributed by atoms with Crippen LogP contribution in [0.2, 0.25) is 0 Å². The molecule has 0 aliphatic carbocycles. The molecule has 0 fully saturated rings. The second kappa shape index (κ2) is 13.4. The van der Waals surface area contributed by atoms with Crippen molar-refractivity contribution in [1.29, 1.82) is 0 Å². The zero-order valence-electron chi connectivity index (χ0n) is 32.1. The summed E-state index contributed by atoms with van der Waals surface area (Å²) >= 11 is 0. The van der Waals surface area contributed by atoms with E-state index in [-0.39, 0.29) is 0 Å². The van der Waals surface area contributed by atoms with Crippen LogP contribution in [0.25, 0.3) is 93.2 Å². The number of nitrogens with zero attached hydrogens (tertiary/aromatic N) is 2. The molecule has 0 radical (unpaired) electrons. The van der Waals surface area contributed by atoms with Crippen molar-refractivity contribution in [2.24, 2.45) is 0 Å². The fourth-order valence-corrected chi connectivity index (χ4v) is 9.17. The summed E-state index contributed by atoms with van der Waals surface area (Å²) in [6.07, 6.45) is 0. The average Bonchev–Trinajstić information content (AvgIpc) is 3.85. The molecule has 12 rings (SSSR count). The summed E-state index contributed by atoms with van der Waals surface area (Å²) in [4.78, 5) is 2.39. The van der Waals surface area contributed by atoms with Crippen molar-refractivity contribution >= 4 is 82.4 Å². The lowest BCUT2D eigenvalue weighted by atomic mass is 9.99. The first-order chi connectivity index (χ1) is 29.2. The number of hydrogen-bond donors (Lipinski definition) is 0. The van der Waals surface area contributed by atoms with Crippen molar-refractivity contribution in [2.75, 3.05) is 4.90 Å². The molecular formula is C56H36N2O. The van der Waals surface area contributed by atoms with Crippen LogP contribution in [0.4, 0.5) is 17.1 Å². The third kappa shape index (κ3) is 5.44. The normalized spacial score (nSPS) is 11.7. The zero-order valence-corrected chi connectivity index (χ0v) is 32.1. The van der Waals surface area contributed by atoms with Gasteiger partial charge in [0.25, 0.3) is 0 Å². The Hall–Kier alpha value is -7.88. The summed E-state index contributed by atoms with van der Waals surface area (Å²) < 4.78 is 8.90. The van der Waals surface area contributed by atoms with Crippen molar-refractivity contribution in [3.8, 4) is 27.9 Å². The maximum absolute atomic E-state index is 6.51. The number of hydrogen-bond acceptors (Lipinski definition) is 2. The van der Waals surface area contributed by atoms with E-state index in [1.165, 1.54) is 43.4 Å². The molecule has 3 nitrogen and oxygen atoms in total. The lowest BCUT2D eigenvalue weighted by Gasteiger charge is -2.26. The molecule has 0 aliphatic heterocycles. The van der Waals surface area contributed by atoms with Crippen LogP contribution in [0.3, 0.4) is 0 Å². The number of furan rings is 1. The second-order valence-corrected chi connectivity index (χ2v) is 15.3. The summed E-state index contributed by atoms with van der Waals surface area (Å²) in [5.41, 5.74) is 13.1. The number of aromatic nitrogens is 1. The molecule has 0 aliphatic rings. The van der Waals surface area contributed by atoms with Gasteiger partial charge in [-0.1, -0.05) is 152 Å². The Kier molecular flexibility index (Phi) is 7.54. The highest BCUT2D eigenvalue weighted by Gasteiger charge is 2.19. The Morgan fingerprint density at radius 3 is 1.81 bits per heavy atom. The topological polar surface area (TPSA) is 21.3 Å². The van der Waals surface area contributed by atoms with Gasteiger partial charge in [-0.3, -0.25) is 0 Å². The zero-order chi connectivity index (χ0) is 38.9. The lowest BCUT2D eigenvalue weighted by Crippen LogP contribution is -2.10. The van der Waals surface area contributed by atoms with E-state index < -0.39 is 0 Å². The summed E-state index contributed by atoms with van der Waals surface area (Å²) in [6, 6.07) is 78.7. The SMILES string of the molecule is c1ccc(-c2cccc3c2oc2ccc(-c4ccc(N(c5ccc6c(ccc7ccccc76)c5)c5ccc6c7ccccc7n(-c7ccccc7)c6c5)cc4)cc23)cc1. The minimum absolute atomic E-state index is 0.891. The fourth-order valence-electron chi connectivity index (χ4n) is 9.17. The first-order valence-electron chi connectivity index (χ1n) is 20.2. The van der Waals surface area contributed by atoms with Gasteiger partial charge in [0.1, 0.15) is 11.2 Å². The highest BCUT2D eigenvalue weighted by Crippen LogP contribution is 2.42. The average molecular weight is 753 g/mol. The number of fused-ring (bicyclic) bond motifs is 9. The minimum Gasteiger partial charge on any atom is -0.455 e. The molecule has 12 aromatic rings. The van der Waals surface area contributed by atoms with E-state index in [0.29, 0.717) is 0 Å². The van der Waals surface area contributed by atoms with Gasteiger partial charge in [0.05, 0.1) is 11.0 Å². The molecule has 10 aromatic carbocycles. The van der Waals surface area contributed by atoms with Gasteiger partial charge in [0.2, 0.25) is 0 Å². The highest BCUT2D eigenvalue weighted by atomic mass is 16.3. The van der Waals surface area contributed by atoms with Crippen LogP contribution in [0.15, 0.2) is 223 Å². The first kappa shape index (κ1) is 33.3. The van der Waals surface area contributed by atoms with E-state index >= 15 is 0 Å². The molecule has 0 bridgehead atoms. The van der Waals surface area contributed by atoms with E-state index in [1.54, 1.807) is 0 Å². The molecule has 0 amide bonds. The third-order valence-corrected chi connectivity index (χ3v) is 12.0. The molecule has 0 atom stereocenters. The number of rotatable bonds is 6. The summed E-state index contributed by atoms with van der Waals surface area (Å²) in [7, 11) is 0. The largest absolute Gasteiger partial charge is 0.455 e. The third-order valence-electron chi connectivity index (χ3n) is 12.0. The van der Waals surface area contributed by atoms with Crippen LogP contribution in [0, 0.1) is 0 Å². The molecule has 0 saturated heterocycles. The molecule has 0 unspecified atom stereocenters. The van der Waals surface area contributed by atoms with Crippen molar-refractivity contribution in [3.05, 3.63) is 218 Å². The van der Waals surface area contributed by atoms with Gasteiger partial charge in [0, 0.05) is 49.9 Å². The van der Waals surface area contributed by atoms with E-state index in [4.69, 9.17) is 4.42 Å². The van der Waals surface area contributed by atoms with Gasteiger partial charge in [-0.25, -0.2) is 0 Å². The molecule has 2 heterocycles.